The SMILES string of the molecule is CCCc1nc(N)c(C)c(N(CC(C)C)C(C)C)n1. The van der Waals surface area contributed by atoms with Gasteiger partial charge < -0.3 is 10.6 Å². The Labute approximate surface area is 117 Å². The predicted molar refractivity (Wildman–Crippen MR) is 82.5 cm³/mol. The average molecular weight is 264 g/mol. The Morgan fingerprint density at radius 1 is 1.16 bits per heavy atom. The molecule has 0 aromatic carbocycles. The predicted octanol–water partition coefficient (Wildman–Crippen LogP) is 3.19. The van der Waals surface area contributed by atoms with Gasteiger partial charge in [0.05, 0.1) is 0 Å². The van der Waals surface area contributed by atoms with Gasteiger partial charge in [0.25, 0.3) is 0 Å². The molecule has 0 aliphatic rings. The zero-order valence-corrected chi connectivity index (χ0v) is 13.2. The highest BCUT2D eigenvalue weighted by atomic mass is 15.2. The third-order valence-corrected chi connectivity index (χ3v) is 3.13. The normalized spacial score (nSPS) is 11.4. The quantitative estimate of drug-likeness (QED) is 0.857. The highest BCUT2D eigenvalue weighted by Crippen LogP contribution is 2.24. The van der Waals surface area contributed by atoms with Gasteiger partial charge in [0.15, 0.2) is 0 Å². The lowest BCUT2D eigenvalue weighted by Gasteiger charge is -2.31. The fraction of sp³-hybridized carbons (Fsp3) is 0.733. The molecule has 2 N–H and O–H groups in total. The molecule has 0 spiro atoms. The number of nitrogens with two attached hydrogens (primary N) is 1. The minimum absolute atomic E-state index is 0.407. The summed E-state index contributed by atoms with van der Waals surface area (Å²) in [6.45, 7) is 14.0. The summed E-state index contributed by atoms with van der Waals surface area (Å²) in [5.74, 6) is 3.06. The maximum absolute atomic E-state index is 6.04. The maximum Gasteiger partial charge on any atom is 0.137 e. The van der Waals surface area contributed by atoms with Crippen LogP contribution in [0.15, 0.2) is 0 Å². The molecule has 0 amide bonds. The maximum atomic E-state index is 6.04. The van der Waals surface area contributed by atoms with Crippen molar-refractivity contribution in [3.63, 3.8) is 0 Å². The molecule has 0 unspecified atom stereocenters. The summed E-state index contributed by atoms with van der Waals surface area (Å²) in [7, 11) is 0. The van der Waals surface area contributed by atoms with Crippen LogP contribution in [0.25, 0.3) is 0 Å². The van der Waals surface area contributed by atoms with Crippen LogP contribution < -0.4 is 10.6 Å². The highest BCUT2D eigenvalue weighted by molar-refractivity contribution is 5.57. The third-order valence-electron chi connectivity index (χ3n) is 3.13. The van der Waals surface area contributed by atoms with Crippen LogP contribution in [0.4, 0.5) is 11.6 Å². The van der Waals surface area contributed by atoms with Gasteiger partial charge in [-0.1, -0.05) is 20.8 Å². The van der Waals surface area contributed by atoms with Crippen molar-refractivity contribution in [1.29, 1.82) is 0 Å². The van der Waals surface area contributed by atoms with Crippen molar-refractivity contribution in [2.24, 2.45) is 5.92 Å². The fourth-order valence-corrected chi connectivity index (χ4v) is 2.12. The van der Waals surface area contributed by atoms with Gasteiger partial charge in [-0.25, -0.2) is 9.97 Å². The summed E-state index contributed by atoms with van der Waals surface area (Å²) in [6, 6.07) is 0.407. The Morgan fingerprint density at radius 3 is 2.26 bits per heavy atom. The molecule has 0 fully saturated rings. The monoisotopic (exact) mass is 264 g/mol. The van der Waals surface area contributed by atoms with Crippen molar-refractivity contribution < 1.29 is 0 Å². The van der Waals surface area contributed by atoms with Gasteiger partial charge in [-0.3, -0.25) is 0 Å². The smallest absolute Gasteiger partial charge is 0.137 e. The van der Waals surface area contributed by atoms with Crippen LogP contribution in [-0.4, -0.2) is 22.6 Å². The van der Waals surface area contributed by atoms with Crippen LogP contribution in [0.3, 0.4) is 0 Å². The van der Waals surface area contributed by atoms with Crippen LogP contribution in [0.5, 0.6) is 0 Å². The molecular weight excluding hydrogens is 236 g/mol. The summed E-state index contributed by atoms with van der Waals surface area (Å²) in [5, 5.41) is 0. The van der Waals surface area contributed by atoms with E-state index in [0.717, 1.165) is 36.6 Å². The van der Waals surface area contributed by atoms with Crippen LogP contribution >= 0.6 is 0 Å². The summed E-state index contributed by atoms with van der Waals surface area (Å²) >= 11 is 0. The molecule has 19 heavy (non-hydrogen) atoms. The number of aryl methyl sites for hydroxylation is 1. The Bertz CT molecular complexity index is 413. The second-order valence-corrected chi connectivity index (χ2v) is 5.86. The van der Waals surface area contributed by atoms with Gasteiger partial charge in [-0.2, -0.15) is 0 Å². The fourth-order valence-electron chi connectivity index (χ4n) is 2.12. The topological polar surface area (TPSA) is 55.0 Å². The molecule has 0 aliphatic heterocycles. The Kier molecular flexibility index (Phi) is 5.58. The van der Waals surface area contributed by atoms with Crippen molar-refractivity contribution in [2.45, 2.75) is 60.4 Å². The molecule has 1 aromatic rings. The molecule has 0 atom stereocenters. The Morgan fingerprint density at radius 2 is 1.79 bits per heavy atom. The zero-order valence-electron chi connectivity index (χ0n) is 13.2. The second-order valence-electron chi connectivity index (χ2n) is 5.86. The van der Waals surface area contributed by atoms with E-state index in [-0.39, 0.29) is 0 Å². The van der Waals surface area contributed by atoms with Crippen LogP contribution in [0, 0.1) is 12.8 Å². The summed E-state index contributed by atoms with van der Waals surface area (Å²) in [6.07, 6.45) is 1.92. The zero-order chi connectivity index (χ0) is 14.6. The van der Waals surface area contributed by atoms with E-state index in [1.807, 2.05) is 6.92 Å². The van der Waals surface area contributed by atoms with E-state index in [1.54, 1.807) is 0 Å². The highest BCUT2D eigenvalue weighted by Gasteiger charge is 2.18. The Balaban J connectivity index is 3.20. The van der Waals surface area contributed by atoms with Crippen LogP contribution in [-0.2, 0) is 6.42 Å². The molecule has 4 heteroatoms. The van der Waals surface area contributed by atoms with Gasteiger partial charge in [-0.15, -0.1) is 0 Å². The van der Waals surface area contributed by atoms with E-state index in [4.69, 9.17) is 10.7 Å². The standard InChI is InChI=1S/C15H28N4/c1-7-8-13-17-14(16)12(6)15(18-13)19(11(4)5)9-10(2)3/h10-11H,7-9H2,1-6H3,(H2,16,17,18). The Hall–Kier alpha value is -1.32. The molecule has 1 aromatic heterocycles. The molecule has 1 heterocycles. The van der Waals surface area contributed by atoms with Crippen molar-refractivity contribution in [3.8, 4) is 0 Å². The molecule has 0 saturated carbocycles. The molecule has 0 aliphatic carbocycles. The molecule has 0 radical (unpaired) electrons. The minimum Gasteiger partial charge on any atom is -0.383 e. The lowest BCUT2D eigenvalue weighted by atomic mass is 10.1. The lowest BCUT2D eigenvalue weighted by molar-refractivity contribution is 0.563. The van der Waals surface area contributed by atoms with Crippen LogP contribution in [0.1, 0.15) is 52.4 Å². The number of hydrogen-bond acceptors (Lipinski definition) is 4. The van der Waals surface area contributed by atoms with Crippen LogP contribution in [0.2, 0.25) is 0 Å². The third kappa shape index (κ3) is 4.08. The average Bonchev–Trinajstić information content (AvgIpc) is 2.30. The first-order valence-electron chi connectivity index (χ1n) is 7.26. The number of nitrogens with zero attached hydrogens (tertiary/aromatic N) is 3. The molecule has 4 nitrogen and oxygen atoms in total. The largest absolute Gasteiger partial charge is 0.383 e. The van der Waals surface area contributed by atoms with E-state index in [0.29, 0.717) is 17.8 Å². The van der Waals surface area contributed by atoms with Crippen molar-refractivity contribution >= 4 is 11.6 Å². The molecule has 1 rings (SSSR count). The number of hydrogen-bond donors (Lipinski definition) is 1. The van der Waals surface area contributed by atoms with Crippen molar-refractivity contribution in [2.75, 3.05) is 17.2 Å². The van der Waals surface area contributed by atoms with E-state index >= 15 is 0 Å². The van der Waals surface area contributed by atoms with Crippen molar-refractivity contribution in [1.82, 2.24) is 9.97 Å². The van der Waals surface area contributed by atoms with Gasteiger partial charge >= 0.3 is 0 Å². The van der Waals surface area contributed by atoms with E-state index < -0.39 is 0 Å². The van der Waals surface area contributed by atoms with Gasteiger partial charge in [0, 0.05) is 24.6 Å². The molecular formula is C15H28N4. The van der Waals surface area contributed by atoms with Gasteiger partial charge in [0.2, 0.25) is 0 Å². The number of nitrogen functional groups attached to an aromatic ring is 1. The lowest BCUT2D eigenvalue weighted by Crippen LogP contribution is -2.36. The molecule has 0 saturated heterocycles. The second kappa shape index (κ2) is 6.73. The molecule has 0 bridgehead atoms. The van der Waals surface area contributed by atoms with Crippen molar-refractivity contribution in [3.05, 3.63) is 11.4 Å². The summed E-state index contributed by atoms with van der Waals surface area (Å²) < 4.78 is 0. The first kappa shape index (κ1) is 15.7. The molecule has 108 valence electrons. The first-order chi connectivity index (χ1) is 8.86. The van der Waals surface area contributed by atoms with Gasteiger partial charge in [-0.05, 0) is 33.1 Å². The minimum atomic E-state index is 0.407. The van der Waals surface area contributed by atoms with E-state index in [1.165, 1.54) is 0 Å². The number of anilines is 2. The van der Waals surface area contributed by atoms with Gasteiger partial charge in [0.1, 0.15) is 17.5 Å². The summed E-state index contributed by atoms with van der Waals surface area (Å²) in [5.41, 5.74) is 7.04. The number of rotatable bonds is 6. The van der Waals surface area contributed by atoms with E-state index in [9.17, 15) is 0 Å². The van der Waals surface area contributed by atoms with E-state index in [2.05, 4.69) is 44.5 Å². The number of aromatic nitrogens is 2. The summed E-state index contributed by atoms with van der Waals surface area (Å²) in [4.78, 5) is 11.4. The first-order valence-corrected chi connectivity index (χ1v) is 7.26.